The summed E-state index contributed by atoms with van der Waals surface area (Å²) in [7, 11) is 0. The van der Waals surface area contributed by atoms with E-state index in [2.05, 4.69) is 10.3 Å². The molecule has 1 aromatic heterocycles. The van der Waals surface area contributed by atoms with Gasteiger partial charge in [-0.2, -0.15) is 0 Å². The summed E-state index contributed by atoms with van der Waals surface area (Å²) in [5.74, 6) is -0.389. The average Bonchev–Trinajstić information content (AvgIpc) is 2.69. The Balaban J connectivity index is 2.26. The van der Waals surface area contributed by atoms with E-state index in [0.29, 0.717) is 11.0 Å². The molecule has 1 heterocycles. The first-order chi connectivity index (χ1) is 8.13. The topological polar surface area (TPSA) is 74.1 Å². The van der Waals surface area contributed by atoms with E-state index in [-0.39, 0.29) is 12.4 Å². The zero-order valence-electron chi connectivity index (χ0n) is 10.2. The number of rotatable bonds is 7. The van der Waals surface area contributed by atoms with Crippen molar-refractivity contribution in [3.05, 3.63) is 11.9 Å². The van der Waals surface area contributed by atoms with Gasteiger partial charge in [-0.3, -0.25) is 0 Å². The van der Waals surface area contributed by atoms with E-state index in [0.717, 1.165) is 18.5 Å². The Morgan fingerprint density at radius 2 is 2.35 bits per heavy atom. The number of aromatic nitrogens is 3. The normalized spacial score (nSPS) is 10.2. The second kappa shape index (κ2) is 7.52. The molecule has 0 unspecified atom stereocenters. The molecule has 1 rings (SSSR count). The number of hydrogen-bond donors (Lipinski definition) is 0. The summed E-state index contributed by atoms with van der Waals surface area (Å²) < 4.78 is 18.6. The van der Waals surface area contributed by atoms with Crippen LogP contribution in [0, 0.1) is 6.92 Å². The van der Waals surface area contributed by atoms with E-state index in [1.165, 1.54) is 0 Å². The molecule has 0 saturated heterocycles. The Kier molecular flexibility index (Phi) is 6.31. The third-order valence-corrected chi connectivity index (χ3v) is 5.78. The van der Waals surface area contributed by atoms with Crippen LogP contribution in [-0.2, 0) is 17.5 Å². The number of carbonyl (C=O) groups excluding carboxylic acids is 1. The van der Waals surface area contributed by atoms with Crippen molar-refractivity contribution in [2.24, 2.45) is 0 Å². The molecule has 0 bridgehead atoms. The number of hydrogen-bond acceptors (Lipinski definition) is 5. The van der Waals surface area contributed by atoms with Crippen molar-refractivity contribution in [1.29, 1.82) is 0 Å². The molecule has 1 aromatic rings. The van der Waals surface area contributed by atoms with Gasteiger partial charge in [0.15, 0.2) is 0 Å². The average molecular weight is 346 g/mol. The van der Waals surface area contributed by atoms with Gasteiger partial charge in [-0.15, -0.1) is 0 Å². The second-order valence-corrected chi connectivity index (χ2v) is 7.93. The third-order valence-electron chi connectivity index (χ3n) is 2.30. The number of unbranched alkanes of at least 4 members (excludes halogenated alkanes) is 1. The maximum absolute atomic E-state index is 11.4. The van der Waals surface area contributed by atoms with Crippen molar-refractivity contribution in [2.75, 3.05) is 0 Å². The van der Waals surface area contributed by atoms with E-state index in [9.17, 15) is 7.87 Å². The monoisotopic (exact) mass is 347 g/mol. The van der Waals surface area contributed by atoms with Crippen molar-refractivity contribution < 1.29 is 10.9 Å². The Hall–Kier alpha value is -0.791. The summed E-state index contributed by atoms with van der Waals surface area (Å²) in [6.45, 7) is 4.31. The summed E-state index contributed by atoms with van der Waals surface area (Å²) in [6, 6.07) is 0. The zero-order chi connectivity index (χ0) is 12.7. The number of carbonyl (C=O) groups is 1. The minimum atomic E-state index is -3.09. The first-order valence-electron chi connectivity index (χ1n) is 5.72. The van der Waals surface area contributed by atoms with Crippen LogP contribution < -0.4 is 0 Å². The van der Waals surface area contributed by atoms with Gasteiger partial charge in [-0.05, 0) is 0 Å². The molecule has 6 nitrogen and oxygen atoms in total. The van der Waals surface area contributed by atoms with E-state index < -0.39 is 20.2 Å². The van der Waals surface area contributed by atoms with Gasteiger partial charge in [0.1, 0.15) is 0 Å². The van der Waals surface area contributed by atoms with E-state index >= 15 is 0 Å². The van der Waals surface area contributed by atoms with Crippen molar-refractivity contribution in [2.45, 2.75) is 44.1 Å². The van der Waals surface area contributed by atoms with Crippen molar-refractivity contribution in [1.82, 2.24) is 15.0 Å². The molecule has 94 valence electrons. The van der Waals surface area contributed by atoms with Gasteiger partial charge in [0.2, 0.25) is 0 Å². The van der Waals surface area contributed by atoms with Gasteiger partial charge < -0.3 is 0 Å². The fraction of sp³-hybridized carbons (Fsp3) is 0.700. The molecule has 17 heavy (non-hydrogen) atoms. The Morgan fingerprint density at radius 3 is 2.94 bits per heavy atom. The summed E-state index contributed by atoms with van der Waals surface area (Å²) in [6.07, 6.45) is 3.67. The van der Waals surface area contributed by atoms with Crippen LogP contribution in [0.15, 0.2) is 6.20 Å². The van der Waals surface area contributed by atoms with Gasteiger partial charge in [-0.25, -0.2) is 0 Å². The fourth-order valence-electron chi connectivity index (χ4n) is 1.28. The fourth-order valence-corrected chi connectivity index (χ4v) is 4.42. The molecular weight excluding hydrogens is 329 g/mol. The van der Waals surface area contributed by atoms with Crippen LogP contribution in [0.1, 0.15) is 31.9 Å². The van der Waals surface area contributed by atoms with Crippen LogP contribution in [0.5, 0.6) is 0 Å². The molecule has 0 aliphatic rings. The van der Waals surface area contributed by atoms with Crippen LogP contribution >= 0.6 is 0 Å². The van der Waals surface area contributed by atoms with Gasteiger partial charge in [0.05, 0.1) is 0 Å². The molecule has 0 aliphatic heterocycles. The van der Waals surface area contributed by atoms with Crippen molar-refractivity contribution in [3.8, 4) is 0 Å². The molecular formula is C10H17N3O3Sn. The van der Waals surface area contributed by atoms with Crippen LogP contribution in [0.3, 0.4) is 0 Å². The summed E-state index contributed by atoms with van der Waals surface area (Å²) >= 11 is -3.09. The minimum absolute atomic E-state index is 0.197. The standard InChI is InChI=1S/C6H9N3O2.C4H9.O.Sn/c1-5-4-7-8-9(5)3-2-6(10)11;1-3-4-2;;/h4H,2-3H2,1H3,(H,10,11);1,3-4H2,2H3;;/q;;;+1/p-1. The molecule has 0 N–H and O–H groups in total. The number of nitrogens with zero attached hydrogens (tertiary/aromatic N) is 3. The van der Waals surface area contributed by atoms with Crippen LogP contribution in [0.25, 0.3) is 0 Å². The zero-order valence-corrected chi connectivity index (χ0v) is 13.0. The van der Waals surface area contributed by atoms with E-state index in [1.807, 2.05) is 13.8 Å². The quantitative estimate of drug-likeness (QED) is 0.695. The predicted octanol–water partition coefficient (Wildman–Crippen LogP) is 1.24. The molecule has 7 heteroatoms. The SMILES string of the molecule is CCC[CH2][Sn](=[O])[O]C(=O)CCn1nncc1C. The van der Waals surface area contributed by atoms with Gasteiger partial charge in [0.25, 0.3) is 0 Å². The third kappa shape index (κ3) is 5.38. The summed E-state index contributed by atoms with van der Waals surface area (Å²) in [5, 5.41) is 7.53. The molecule has 0 radical (unpaired) electrons. The summed E-state index contributed by atoms with van der Waals surface area (Å²) in [5.41, 5.74) is 0.893. The molecule has 0 saturated carbocycles. The molecule has 0 aromatic carbocycles. The summed E-state index contributed by atoms with van der Waals surface area (Å²) in [4.78, 5) is 11.4. The van der Waals surface area contributed by atoms with Gasteiger partial charge in [-0.1, -0.05) is 0 Å². The number of aryl methyl sites for hydroxylation is 2. The van der Waals surface area contributed by atoms with E-state index in [4.69, 9.17) is 3.07 Å². The van der Waals surface area contributed by atoms with Crippen LogP contribution in [-0.4, -0.2) is 41.1 Å². The molecule has 0 fully saturated rings. The van der Waals surface area contributed by atoms with Gasteiger partial charge in [0, 0.05) is 0 Å². The van der Waals surface area contributed by atoms with Crippen molar-refractivity contribution >= 4 is 26.1 Å². The van der Waals surface area contributed by atoms with Crippen molar-refractivity contribution in [3.63, 3.8) is 0 Å². The Labute approximate surface area is 108 Å². The van der Waals surface area contributed by atoms with Gasteiger partial charge >= 0.3 is 108 Å². The van der Waals surface area contributed by atoms with Crippen LogP contribution in [0.2, 0.25) is 4.44 Å². The Morgan fingerprint density at radius 1 is 1.59 bits per heavy atom. The first kappa shape index (κ1) is 14.3. The maximum atomic E-state index is 11.4. The second-order valence-electron chi connectivity index (χ2n) is 3.80. The predicted molar refractivity (Wildman–Crippen MR) is 61.6 cm³/mol. The van der Waals surface area contributed by atoms with E-state index in [1.54, 1.807) is 10.9 Å². The Bertz CT molecular complexity index is 392. The molecule has 0 aliphatic carbocycles. The molecule has 0 amide bonds. The molecule has 0 atom stereocenters. The van der Waals surface area contributed by atoms with Crippen LogP contribution in [0.4, 0.5) is 0 Å². The first-order valence-corrected chi connectivity index (χ1v) is 10.1. The molecule has 0 spiro atoms.